The predicted molar refractivity (Wildman–Crippen MR) is 69.0 cm³/mol. The first kappa shape index (κ1) is 14.5. The summed E-state index contributed by atoms with van der Waals surface area (Å²) in [6.45, 7) is 0. The van der Waals surface area contributed by atoms with E-state index in [2.05, 4.69) is 4.98 Å². The van der Waals surface area contributed by atoms with Crippen LogP contribution in [0.4, 0.5) is 11.4 Å². The van der Waals surface area contributed by atoms with E-state index in [1.54, 1.807) is 12.4 Å². The van der Waals surface area contributed by atoms with Crippen molar-refractivity contribution in [1.82, 2.24) is 4.98 Å². The highest BCUT2D eigenvalue weighted by Crippen LogP contribution is 2.33. The molecule has 0 spiro atoms. The Morgan fingerprint density at radius 1 is 0.947 bits per heavy atom. The van der Waals surface area contributed by atoms with Gasteiger partial charge in [-0.1, -0.05) is 23.7 Å². The number of hydrogen-bond acceptors (Lipinski definition) is 5. The van der Waals surface area contributed by atoms with E-state index in [9.17, 15) is 20.2 Å². The summed E-state index contributed by atoms with van der Waals surface area (Å²) in [5.41, 5.74) is -1.27. The van der Waals surface area contributed by atoms with Gasteiger partial charge in [0.25, 0.3) is 0 Å². The van der Waals surface area contributed by atoms with Crippen molar-refractivity contribution in [2.75, 3.05) is 0 Å². The van der Waals surface area contributed by atoms with Crippen LogP contribution in [0.3, 0.4) is 0 Å². The van der Waals surface area contributed by atoms with Gasteiger partial charge in [0.15, 0.2) is 0 Å². The second kappa shape index (κ2) is 7.02. The van der Waals surface area contributed by atoms with Gasteiger partial charge in [0, 0.05) is 18.5 Å². The summed E-state index contributed by atoms with van der Waals surface area (Å²) in [6.07, 6.45) is 3.50. The van der Waals surface area contributed by atoms with Gasteiger partial charge in [0.2, 0.25) is 0 Å². The zero-order valence-corrected chi connectivity index (χ0v) is 10.2. The van der Waals surface area contributed by atoms with E-state index in [1.165, 1.54) is 12.1 Å². The zero-order valence-electron chi connectivity index (χ0n) is 9.47. The van der Waals surface area contributed by atoms with E-state index in [1.807, 2.05) is 18.2 Å². The van der Waals surface area contributed by atoms with Crippen LogP contribution in [0, 0.1) is 20.2 Å². The van der Waals surface area contributed by atoms with Crippen LogP contribution in [0.1, 0.15) is 0 Å². The number of aromatic nitrogens is 1. The van der Waals surface area contributed by atoms with Crippen molar-refractivity contribution >= 4 is 23.0 Å². The Kier molecular flexibility index (Phi) is 5.36. The lowest BCUT2D eigenvalue weighted by Crippen LogP contribution is -1.96. The Bertz CT molecular complexity index is 551. The van der Waals surface area contributed by atoms with E-state index in [0.29, 0.717) is 0 Å². The standard InChI is InChI=1S/C6H3ClN2O4.C5H5N/c7-4-2-1-3-5(8(10)11)6(4)9(12)13;1-2-4-6-5-3-1/h1-3H;1-5H. The molecule has 0 saturated carbocycles. The molecule has 1 aromatic carbocycles. The van der Waals surface area contributed by atoms with Gasteiger partial charge < -0.3 is 0 Å². The van der Waals surface area contributed by atoms with Crippen molar-refractivity contribution in [3.05, 3.63) is 74.0 Å². The molecule has 0 N–H and O–H groups in total. The Morgan fingerprint density at radius 2 is 1.58 bits per heavy atom. The molecule has 19 heavy (non-hydrogen) atoms. The third-order valence-electron chi connectivity index (χ3n) is 1.91. The molecule has 0 unspecified atom stereocenters. The molecule has 0 aliphatic heterocycles. The third-order valence-corrected chi connectivity index (χ3v) is 2.22. The van der Waals surface area contributed by atoms with Crippen molar-refractivity contribution in [3.63, 3.8) is 0 Å². The maximum atomic E-state index is 10.4. The topological polar surface area (TPSA) is 99.2 Å². The van der Waals surface area contributed by atoms with E-state index in [-0.39, 0.29) is 5.02 Å². The van der Waals surface area contributed by atoms with Gasteiger partial charge in [-0.25, -0.2) is 0 Å². The van der Waals surface area contributed by atoms with Gasteiger partial charge in [-0.05, 0) is 18.2 Å². The number of halogens is 1. The summed E-state index contributed by atoms with van der Waals surface area (Å²) in [5, 5.41) is 20.4. The van der Waals surface area contributed by atoms with Crippen molar-refractivity contribution in [2.24, 2.45) is 0 Å². The number of nitrogens with zero attached hydrogens (tertiary/aromatic N) is 3. The third kappa shape index (κ3) is 4.32. The number of pyridine rings is 1. The molecule has 0 aliphatic rings. The molecule has 1 heterocycles. The lowest BCUT2D eigenvalue weighted by Gasteiger charge is -1.95. The second-order valence-electron chi connectivity index (χ2n) is 3.15. The number of hydrogen-bond donors (Lipinski definition) is 0. The number of para-hydroxylation sites is 1. The van der Waals surface area contributed by atoms with Crippen molar-refractivity contribution < 1.29 is 9.85 Å². The predicted octanol–water partition coefficient (Wildman–Crippen LogP) is 3.24. The summed E-state index contributed by atoms with van der Waals surface area (Å²) in [6, 6.07) is 9.26. The Labute approximate surface area is 112 Å². The first-order valence-corrected chi connectivity index (χ1v) is 5.34. The van der Waals surface area contributed by atoms with Gasteiger partial charge >= 0.3 is 11.4 Å². The molecule has 7 nitrogen and oxygen atoms in total. The number of rotatable bonds is 2. The van der Waals surface area contributed by atoms with Crippen LogP contribution in [0.2, 0.25) is 5.02 Å². The van der Waals surface area contributed by atoms with Crippen LogP contribution in [0.5, 0.6) is 0 Å². The molecular weight excluding hydrogens is 274 g/mol. The minimum absolute atomic E-state index is 0.237. The fourth-order valence-electron chi connectivity index (χ4n) is 1.14. The summed E-state index contributed by atoms with van der Waals surface area (Å²) in [4.78, 5) is 22.8. The summed E-state index contributed by atoms with van der Waals surface area (Å²) < 4.78 is 0. The molecule has 2 rings (SSSR count). The summed E-state index contributed by atoms with van der Waals surface area (Å²) in [7, 11) is 0. The van der Waals surface area contributed by atoms with Gasteiger partial charge in [-0.2, -0.15) is 0 Å². The molecular formula is C11H8ClN3O4. The van der Waals surface area contributed by atoms with Gasteiger partial charge in [0.05, 0.1) is 9.85 Å². The Balaban J connectivity index is 0.000000250. The van der Waals surface area contributed by atoms with Gasteiger partial charge in [-0.3, -0.25) is 25.2 Å². The van der Waals surface area contributed by atoms with Crippen molar-refractivity contribution in [3.8, 4) is 0 Å². The van der Waals surface area contributed by atoms with Gasteiger partial charge in [-0.15, -0.1) is 0 Å². The van der Waals surface area contributed by atoms with Crippen LogP contribution in [0.25, 0.3) is 0 Å². The van der Waals surface area contributed by atoms with E-state index in [4.69, 9.17) is 11.6 Å². The number of benzene rings is 1. The normalized spacial score (nSPS) is 9.11. The highest BCUT2D eigenvalue weighted by atomic mass is 35.5. The number of nitro benzene ring substituents is 2. The maximum Gasteiger partial charge on any atom is 0.364 e. The fourth-order valence-corrected chi connectivity index (χ4v) is 1.38. The average molecular weight is 282 g/mol. The summed E-state index contributed by atoms with van der Waals surface area (Å²) >= 11 is 5.42. The summed E-state index contributed by atoms with van der Waals surface area (Å²) in [5.74, 6) is 0. The molecule has 0 bridgehead atoms. The molecule has 98 valence electrons. The van der Waals surface area contributed by atoms with Gasteiger partial charge in [0.1, 0.15) is 5.02 Å². The zero-order chi connectivity index (χ0) is 14.3. The highest BCUT2D eigenvalue weighted by molar-refractivity contribution is 6.33. The minimum Gasteiger partial charge on any atom is -0.265 e. The molecule has 0 atom stereocenters. The maximum absolute atomic E-state index is 10.4. The Hall–Kier alpha value is -2.54. The SMILES string of the molecule is O=[N+]([O-])c1cccc(Cl)c1[N+](=O)[O-].c1ccncc1. The molecule has 1 aromatic heterocycles. The highest BCUT2D eigenvalue weighted by Gasteiger charge is 2.26. The van der Waals surface area contributed by atoms with Crippen LogP contribution < -0.4 is 0 Å². The van der Waals surface area contributed by atoms with E-state index in [0.717, 1.165) is 6.07 Å². The lowest BCUT2D eigenvalue weighted by molar-refractivity contribution is -0.422. The van der Waals surface area contributed by atoms with Crippen molar-refractivity contribution in [1.29, 1.82) is 0 Å². The quantitative estimate of drug-likeness (QED) is 0.621. The smallest absolute Gasteiger partial charge is 0.265 e. The molecule has 0 radical (unpaired) electrons. The first-order valence-electron chi connectivity index (χ1n) is 4.96. The number of nitro groups is 2. The molecule has 2 aromatic rings. The average Bonchev–Trinajstić information content (AvgIpc) is 2.40. The van der Waals surface area contributed by atoms with Crippen LogP contribution in [0.15, 0.2) is 48.8 Å². The minimum atomic E-state index is -0.875. The van der Waals surface area contributed by atoms with Crippen LogP contribution in [-0.4, -0.2) is 14.8 Å². The van der Waals surface area contributed by atoms with E-state index >= 15 is 0 Å². The second-order valence-corrected chi connectivity index (χ2v) is 3.55. The molecule has 0 saturated heterocycles. The first-order chi connectivity index (χ1) is 9.04. The van der Waals surface area contributed by atoms with E-state index < -0.39 is 21.2 Å². The molecule has 0 fully saturated rings. The lowest BCUT2D eigenvalue weighted by atomic mass is 10.3. The van der Waals surface area contributed by atoms with Crippen LogP contribution in [-0.2, 0) is 0 Å². The Morgan fingerprint density at radius 3 is 1.89 bits per heavy atom. The molecule has 0 amide bonds. The fraction of sp³-hybridized carbons (Fsp3) is 0. The molecule has 0 aliphatic carbocycles. The molecule has 8 heteroatoms. The largest absolute Gasteiger partial charge is 0.364 e. The van der Waals surface area contributed by atoms with Crippen LogP contribution >= 0.6 is 11.6 Å². The van der Waals surface area contributed by atoms with Crippen molar-refractivity contribution in [2.45, 2.75) is 0 Å². The monoisotopic (exact) mass is 281 g/mol.